The Hall–Kier alpha value is -1.97. The molecule has 2 rings (SSSR count). The van der Waals surface area contributed by atoms with E-state index < -0.39 is 0 Å². The Kier molecular flexibility index (Phi) is 4.44. The van der Waals surface area contributed by atoms with Crippen molar-refractivity contribution in [3.63, 3.8) is 0 Å². The first-order valence-corrected chi connectivity index (χ1v) is 6.68. The van der Waals surface area contributed by atoms with Crippen molar-refractivity contribution in [2.45, 2.75) is 39.3 Å². The molecule has 0 atom stereocenters. The maximum absolute atomic E-state index is 9.19. The third kappa shape index (κ3) is 3.50. The zero-order valence-corrected chi connectivity index (χ0v) is 11.4. The number of aromatic hydroxyl groups is 1. The number of ether oxygens (including phenoxy) is 1. The lowest BCUT2D eigenvalue weighted by atomic mass is 10.2. The van der Waals surface area contributed by atoms with Gasteiger partial charge in [0.2, 0.25) is 0 Å². The van der Waals surface area contributed by atoms with Crippen LogP contribution in [0.25, 0.3) is 0 Å². The van der Waals surface area contributed by atoms with Crippen molar-refractivity contribution in [3.05, 3.63) is 42.2 Å². The summed E-state index contributed by atoms with van der Waals surface area (Å²) < 4.78 is 7.63. The number of phenols is 1. The number of nitrogens with zero attached hydrogens (tertiary/aromatic N) is 2. The molecule has 0 unspecified atom stereocenters. The summed E-state index contributed by atoms with van der Waals surface area (Å²) in [6, 6.07) is 9.15. The van der Waals surface area contributed by atoms with Gasteiger partial charge in [0.25, 0.3) is 0 Å². The SMILES string of the molecule is CCC(CC)n1ccc(COc2ccc(O)cc2)n1. The second kappa shape index (κ2) is 6.27. The van der Waals surface area contributed by atoms with Gasteiger partial charge in [-0.25, -0.2) is 0 Å². The molecule has 0 aliphatic rings. The normalized spacial score (nSPS) is 10.9. The molecule has 0 saturated heterocycles. The maximum Gasteiger partial charge on any atom is 0.132 e. The lowest BCUT2D eigenvalue weighted by Crippen LogP contribution is -2.08. The molecule has 0 saturated carbocycles. The molecular formula is C15H20N2O2. The van der Waals surface area contributed by atoms with E-state index in [2.05, 4.69) is 18.9 Å². The molecule has 102 valence electrons. The van der Waals surface area contributed by atoms with Gasteiger partial charge < -0.3 is 9.84 Å². The summed E-state index contributed by atoms with van der Waals surface area (Å²) in [6.45, 7) is 4.78. The molecule has 0 amide bonds. The quantitative estimate of drug-likeness (QED) is 0.864. The predicted octanol–water partition coefficient (Wildman–Crippen LogP) is 3.53. The van der Waals surface area contributed by atoms with Crippen LogP contribution in [0.2, 0.25) is 0 Å². The zero-order chi connectivity index (χ0) is 13.7. The summed E-state index contributed by atoms with van der Waals surface area (Å²) in [5.41, 5.74) is 0.917. The Morgan fingerprint density at radius 1 is 1.16 bits per heavy atom. The van der Waals surface area contributed by atoms with E-state index in [0.717, 1.165) is 24.3 Å². The smallest absolute Gasteiger partial charge is 0.132 e. The van der Waals surface area contributed by atoms with Crippen molar-refractivity contribution < 1.29 is 9.84 Å². The molecule has 0 bridgehead atoms. The average Bonchev–Trinajstić information content (AvgIpc) is 2.88. The van der Waals surface area contributed by atoms with Crippen LogP contribution in [0, 0.1) is 0 Å². The van der Waals surface area contributed by atoms with Gasteiger partial charge >= 0.3 is 0 Å². The molecule has 1 heterocycles. The molecule has 19 heavy (non-hydrogen) atoms. The van der Waals surface area contributed by atoms with Gasteiger partial charge in [-0.1, -0.05) is 13.8 Å². The molecule has 4 nitrogen and oxygen atoms in total. The summed E-state index contributed by atoms with van der Waals surface area (Å²) in [6.07, 6.45) is 4.17. The van der Waals surface area contributed by atoms with Crippen LogP contribution >= 0.6 is 0 Å². The van der Waals surface area contributed by atoms with E-state index in [4.69, 9.17) is 4.74 Å². The van der Waals surface area contributed by atoms with E-state index in [1.54, 1.807) is 24.3 Å². The molecule has 0 fully saturated rings. The Labute approximate surface area is 113 Å². The largest absolute Gasteiger partial charge is 0.508 e. The summed E-state index contributed by atoms with van der Waals surface area (Å²) >= 11 is 0. The first-order valence-electron chi connectivity index (χ1n) is 6.68. The van der Waals surface area contributed by atoms with E-state index in [0.29, 0.717) is 12.6 Å². The van der Waals surface area contributed by atoms with Crippen molar-refractivity contribution in [2.75, 3.05) is 0 Å². The lowest BCUT2D eigenvalue weighted by Gasteiger charge is -2.12. The zero-order valence-electron chi connectivity index (χ0n) is 11.4. The van der Waals surface area contributed by atoms with Crippen molar-refractivity contribution in [3.8, 4) is 11.5 Å². The highest BCUT2D eigenvalue weighted by molar-refractivity contribution is 5.30. The Bertz CT molecular complexity index is 501. The van der Waals surface area contributed by atoms with Crippen LogP contribution in [-0.2, 0) is 6.61 Å². The molecule has 4 heteroatoms. The monoisotopic (exact) mass is 260 g/mol. The fourth-order valence-corrected chi connectivity index (χ4v) is 2.02. The van der Waals surface area contributed by atoms with Crippen LogP contribution < -0.4 is 4.74 Å². The van der Waals surface area contributed by atoms with Gasteiger partial charge in [0.15, 0.2) is 0 Å². The minimum absolute atomic E-state index is 0.241. The highest BCUT2D eigenvalue weighted by Gasteiger charge is 2.08. The van der Waals surface area contributed by atoms with Gasteiger partial charge in [0, 0.05) is 6.20 Å². The first-order chi connectivity index (χ1) is 9.22. The topological polar surface area (TPSA) is 47.3 Å². The lowest BCUT2D eigenvalue weighted by molar-refractivity contribution is 0.296. The number of hydrogen-bond acceptors (Lipinski definition) is 3. The van der Waals surface area contributed by atoms with Crippen molar-refractivity contribution in [1.29, 1.82) is 0 Å². The van der Waals surface area contributed by atoms with Crippen LogP contribution in [0.4, 0.5) is 0 Å². The Balaban J connectivity index is 1.95. The molecule has 0 radical (unpaired) electrons. The maximum atomic E-state index is 9.19. The molecule has 2 aromatic rings. The molecule has 0 spiro atoms. The van der Waals surface area contributed by atoms with Crippen LogP contribution in [0.15, 0.2) is 36.5 Å². The van der Waals surface area contributed by atoms with Crippen LogP contribution in [0.5, 0.6) is 11.5 Å². The summed E-state index contributed by atoms with van der Waals surface area (Å²) in [7, 11) is 0. The van der Waals surface area contributed by atoms with E-state index >= 15 is 0 Å². The van der Waals surface area contributed by atoms with Gasteiger partial charge in [0.1, 0.15) is 18.1 Å². The molecular weight excluding hydrogens is 240 g/mol. The fourth-order valence-electron chi connectivity index (χ4n) is 2.02. The predicted molar refractivity (Wildman–Crippen MR) is 74.3 cm³/mol. The van der Waals surface area contributed by atoms with Crippen LogP contribution in [0.1, 0.15) is 38.4 Å². The van der Waals surface area contributed by atoms with Crippen LogP contribution in [-0.4, -0.2) is 14.9 Å². The van der Waals surface area contributed by atoms with Gasteiger partial charge in [-0.05, 0) is 43.2 Å². The summed E-state index contributed by atoms with van der Waals surface area (Å²) in [5, 5.41) is 13.7. The number of aromatic nitrogens is 2. The van der Waals surface area contributed by atoms with Gasteiger partial charge in [0.05, 0.1) is 11.7 Å². The highest BCUT2D eigenvalue weighted by Crippen LogP contribution is 2.18. The number of hydrogen-bond donors (Lipinski definition) is 1. The first kappa shape index (κ1) is 13.5. The van der Waals surface area contributed by atoms with Crippen molar-refractivity contribution in [2.24, 2.45) is 0 Å². The van der Waals surface area contributed by atoms with Gasteiger partial charge in [-0.15, -0.1) is 0 Å². The molecule has 1 aromatic carbocycles. The third-order valence-electron chi connectivity index (χ3n) is 3.20. The molecule has 0 aliphatic heterocycles. The van der Waals surface area contributed by atoms with Gasteiger partial charge in [-0.2, -0.15) is 5.10 Å². The van der Waals surface area contributed by atoms with Crippen molar-refractivity contribution >= 4 is 0 Å². The van der Waals surface area contributed by atoms with Crippen molar-refractivity contribution in [1.82, 2.24) is 9.78 Å². The Morgan fingerprint density at radius 2 is 1.84 bits per heavy atom. The average molecular weight is 260 g/mol. The van der Waals surface area contributed by atoms with E-state index in [-0.39, 0.29) is 5.75 Å². The summed E-state index contributed by atoms with van der Waals surface area (Å²) in [5.74, 6) is 0.972. The number of rotatable bonds is 6. The highest BCUT2D eigenvalue weighted by atomic mass is 16.5. The molecule has 1 aromatic heterocycles. The van der Waals surface area contributed by atoms with Crippen LogP contribution in [0.3, 0.4) is 0 Å². The van der Waals surface area contributed by atoms with E-state index in [9.17, 15) is 5.11 Å². The minimum atomic E-state index is 0.241. The van der Waals surface area contributed by atoms with E-state index in [1.165, 1.54) is 0 Å². The second-order valence-corrected chi connectivity index (χ2v) is 4.54. The third-order valence-corrected chi connectivity index (χ3v) is 3.20. The second-order valence-electron chi connectivity index (χ2n) is 4.54. The van der Waals surface area contributed by atoms with Gasteiger partial charge in [-0.3, -0.25) is 4.68 Å². The number of benzene rings is 1. The molecule has 0 aliphatic carbocycles. The van der Waals surface area contributed by atoms with E-state index in [1.807, 2.05) is 16.9 Å². The standard InChI is InChI=1S/C15H20N2O2/c1-3-13(4-2)17-10-9-12(16-17)11-19-15-7-5-14(18)6-8-15/h5-10,13,18H,3-4,11H2,1-2H3. The minimum Gasteiger partial charge on any atom is -0.508 e. The Morgan fingerprint density at radius 3 is 2.47 bits per heavy atom. The fraction of sp³-hybridized carbons (Fsp3) is 0.400. The molecule has 1 N–H and O–H groups in total. The number of phenolic OH excluding ortho intramolecular Hbond substituents is 1. The summed E-state index contributed by atoms with van der Waals surface area (Å²) in [4.78, 5) is 0.